The third-order valence-electron chi connectivity index (χ3n) is 8.53. The number of hydrogen-bond donors (Lipinski definition) is 2. The van der Waals surface area contributed by atoms with Crippen LogP contribution in [0.3, 0.4) is 0 Å². The number of β-amino-alcohol motifs (C(OH)–C–C–N with tert-alkyl or cyclic N) is 1. The minimum Gasteiger partial charge on any atom is -0.395 e. The van der Waals surface area contributed by atoms with E-state index in [0.717, 1.165) is 30.7 Å². The minimum atomic E-state index is -0.0570. The van der Waals surface area contributed by atoms with Crippen LogP contribution >= 0.6 is 0 Å². The minimum absolute atomic E-state index is 0.0570. The first-order valence-electron chi connectivity index (χ1n) is 9.53. The Bertz CT molecular complexity index is 441. The zero-order valence-electron chi connectivity index (χ0n) is 14.3. The van der Waals surface area contributed by atoms with Crippen LogP contribution in [-0.4, -0.2) is 47.0 Å². The van der Waals surface area contributed by atoms with Crippen LogP contribution in [0.4, 0.5) is 0 Å². The predicted molar refractivity (Wildman–Crippen MR) is 87.5 cm³/mol. The molecule has 4 rings (SSSR count). The van der Waals surface area contributed by atoms with Crippen LogP contribution in [0.15, 0.2) is 0 Å². The lowest BCUT2D eigenvalue weighted by atomic mass is 9.49. The molecule has 1 heterocycles. The van der Waals surface area contributed by atoms with Gasteiger partial charge in [0, 0.05) is 12.6 Å². The number of aliphatic hydroxyl groups excluding tert-OH is 2. The molecule has 4 aliphatic rings. The Morgan fingerprint density at radius 2 is 1.73 bits per heavy atom. The molecule has 3 aliphatic carbocycles. The van der Waals surface area contributed by atoms with Gasteiger partial charge in [0.15, 0.2) is 0 Å². The van der Waals surface area contributed by atoms with Crippen molar-refractivity contribution in [3.63, 3.8) is 0 Å². The van der Waals surface area contributed by atoms with E-state index in [1.165, 1.54) is 45.1 Å². The number of rotatable bonds is 2. The highest BCUT2D eigenvalue weighted by molar-refractivity contribution is 5.11. The van der Waals surface area contributed by atoms with Gasteiger partial charge in [-0.2, -0.15) is 0 Å². The van der Waals surface area contributed by atoms with Crippen LogP contribution in [0, 0.1) is 28.6 Å². The third kappa shape index (κ3) is 1.91. The number of hydrogen-bond acceptors (Lipinski definition) is 3. The summed E-state index contributed by atoms with van der Waals surface area (Å²) in [4.78, 5) is 2.56. The molecule has 22 heavy (non-hydrogen) atoms. The summed E-state index contributed by atoms with van der Waals surface area (Å²) in [7, 11) is 0. The maximum atomic E-state index is 10.5. The lowest BCUT2D eigenvalue weighted by Gasteiger charge is -2.57. The number of aliphatic hydroxyl groups is 2. The summed E-state index contributed by atoms with van der Waals surface area (Å²) in [6.07, 6.45) is 8.72. The second kappa shape index (κ2) is 5.19. The molecule has 0 spiro atoms. The summed E-state index contributed by atoms with van der Waals surface area (Å²) in [5.74, 6) is 2.44. The SMILES string of the molecule is C[C@]12CCN(CCO)[C@H]1CC[C@H]1[C@H]2CC[C@]2(C)[C@H](O)CC[C@@H]12. The number of likely N-dealkylation sites (tertiary alicyclic amines) is 1. The summed E-state index contributed by atoms with van der Waals surface area (Å²) >= 11 is 0. The molecule has 0 amide bonds. The summed E-state index contributed by atoms with van der Waals surface area (Å²) < 4.78 is 0. The lowest BCUT2D eigenvalue weighted by Crippen LogP contribution is -2.55. The van der Waals surface area contributed by atoms with Crippen molar-refractivity contribution in [1.82, 2.24) is 4.90 Å². The fourth-order valence-corrected chi connectivity index (χ4v) is 7.30. The first-order valence-corrected chi connectivity index (χ1v) is 9.53. The molecule has 4 fully saturated rings. The second-order valence-corrected chi connectivity index (χ2v) is 9.12. The van der Waals surface area contributed by atoms with Crippen molar-refractivity contribution in [3.8, 4) is 0 Å². The van der Waals surface area contributed by atoms with Gasteiger partial charge in [0.2, 0.25) is 0 Å². The van der Waals surface area contributed by atoms with Gasteiger partial charge in [0.05, 0.1) is 12.7 Å². The van der Waals surface area contributed by atoms with E-state index in [1.54, 1.807) is 0 Å². The highest BCUT2D eigenvalue weighted by Crippen LogP contribution is 2.64. The standard InChI is InChI=1S/C19H33NO2/c1-18-9-10-20(11-12-21)16(18)5-3-13-14-4-6-17(22)19(14,2)8-7-15(13)18/h13-17,21-22H,3-12H2,1-2H3/t13-,14+,15-,16+,17-,18-,19+/m1/s1. The Morgan fingerprint density at radius 3 is 2.50 bits per heavy atom. The zero-order chi connectivity index (χ0) is 15.5. The Balaban J connectivity index is 1.60. The summed E-state index contributed by atoms with van der Waals surface area (Å²) in [6, 6.07) is 0.691. The summed E-state index contributed by atoms with van der Waals surface area (Å²) in [5.41, 5.74) is 0.653. The van der Waals surface area contributed by atoms with Crippen molar-refractivity contribution < 1.29 is 10.2 Å². The third-order valence-corrected chi connectivity index (χ3v) is 8.53. The molecule has 3 nitrogen and oxygen atoms in total. The molecule has 7 atom stereocenters. The Morgan fingerprint density at radius 1 is 0.955 bits per heavy atom. The van der Waals surface area contributed by atoms with E-state index in [9.17, 15) is 10.2 Å². The Hall–Kier alpha value is -0.120. The maximum Gasteiger partial charge on any atom is 0.0596 e. The van der Waals surface area contributed by atoms with Crippen LogP contribution in [-0.2, 0) is 0 Å². The van der Waals surface area contributed by atoms with Gasteiger partial charge >= 0.3 is 0 Å². The molecule has 0 aromatic heterocycles. The molecular weight excluding hydrogens is 274 g/mol. The molecule has 1 aliphatic heterocycles. The highest BCUT2D eigenvalue weighted by atomic mass is 16.3. The topological polar surface area (TPSA) is 43.7 Å². The van der Waals surface area contributed by atoms with Crippen molar-refractivity contribution in [2.75, 3.05) is 19.7 Å². The van der Waals surface area contributed by atoms with E-state index in [4.69, 9.17) is 0 Å². The monoisotopic (exact) mass is 307 g/mol. The summed E-state index contributed by atoms with van der Waals surface area (Å²) in [6.45, 7) is 7.24. The average Bonchev–Trinajstić information content (AvgIpc) is 2.98. The van der Waals surface area contributed by atoms with E-state index in [0.29, 0.717) is 18.1 Å². The second-order valence-electron chi connectivity index (χ2n) is 9.12. The van der Waals surface area contributed by atoms with Gasteiger partial charge in [-0.05, 0) is 80.1 Å². The molecule has 1 saturated heterocycles. The molecule has 0 aromatic carbocycles. The number of nitrogens with zero attached hydrogens (tertiary/aromatic N) is 1. The quantitative estimate of drug-likeness (QED) is 0.824. The van der Waals surface area contributed by atoms with Gasteiger partial charge in [-0.25, -0.2) is 0 Å². The van der Waals surface area contributed by atoms with Gasteiger partial charge in [0.1, 0.15) is 0 Å². The van der Waals surface area contributed by atoms with E-state index < -0.39 is 0 Å². The van der Waals surface area contributed by atoms with Crippen LogP contribution in [0.1, 0.15) is 58.8 Å². The first kappa shape index (κ1) is 15.4. The molecule has 0 aromatic rings. The van der Waals surface area contributed by atoms with Crippen molar-refractivity contribution in [3.05, 3.63) is 0 Å². The molecule has 0 radical (unpaired) electrons. The molecule has 3 saturated carbocycles. The van der Waals surface area contributed by atoms with Crippen LogP contribution < -0.4 is 0 Å². The first-order chi connectivity index (χ1) is 10.5. The van der Waals surface area contributed by atoms with Gasteiger partial charge in [0.25, 0.3) is 0 Å². The van der Waals surface area contributed by atoms with Gasteiger partial charge in [-0.1, -0.05) is 13.8 Å². The van der Waals surface area contributed by atoms with Gasteiger partial charge < -0.3 is 10.2 Å². The van der Waals surface area contributed by atoms with Gasteiger partial charge in [-0.15, -0.1) is 0 Å². The predicted octanol–water partition coefficient (Wildman–Crippen LogP) is 2.66. The van der Waals surface area contributed by atoms with Crippen molar-refractivity contribution >= 4 is 0 Å². The van der Waals surface area contributed by atoms with Crippen LogP contribution in [0.2, 0.25) is 0 Å². The maximum absolute atomic E-state index is 10.5. The van der Waals surface area contributed by atoms with E-state index >= 15 is 0 Å². The van der Waals surface area contributed by atoms with Gasteiger partial charge in [-0.3, -0.25) is 4.90 Å². The fourth-order valence-electron chi connectivity index (χ4n) is 7.30. The van der Waals surface area contributed by atoms with Crippen molar-refractivity contribution in [1.29, 1.82) is 0 Å². The molecule has 0 unspecified atom stereocenters. The Labute approximate surface area is 135 Å². The average molecular weight is 307 g/mol. The molecule has 3 heteroatoms. The summed E-state index contributed by atoms with van der Waals surface area (Å²) in [5, 5.41) is 19.9. The largest absolute Gasteiger partial charge is 0.395 e. The molecular formula is C19H33NO2. The van der Waals surface area contributed by atoms with Crippen molar-refractivity contribution in [2.45, 2.75) is 70.9 Å². The fraction of sp³-hybridized carbons (Fsp3) is 1.00. The van der Waals surface area contributed by atoms with E-state index in [-0.39, 0.29) is 11.5 Å². The molecule has 0 bridgehead atoms. The smallest absolute Gasteiger partial charge is 0.0596 e. The number of fused-ring (bicyclic) bond motifs is 5. The van der Waals surface area contributed by atoms with Crippen LogP contribution in [0.25, 0.3) is 0 Å². The van der Waals surface area contributed by atoms with E-state index in [1.807, 2.05) is 0 Å². The van der Waals surface area contributed by atoms with Crippen molar-refractivity contribution in [2.24, 2.45) is 28.6 Å². The van der Waals surface area contributed by atoms with E-state index in [2.05, 4.69) is 18.7 Å². The zero-order valence-corrected chi connectivity index (χ0v) is 14.3. The molecule has 126 valence electrons. The molecule has 2 N–H and O–H groups in total. The Kier molecular flexibility index (Phi) is 3.63. The van der Waals surface area contributed by atoms with Crippen LogP contribution in [0.5, 0.6) is 0 Å². The lowest BCUT2D eigenvalue weighted by molar-refractivity contribution is -0.0980. The normalized spacial score (nSPS) is 54.8. The highest BCUT2D eigenvalue weighted by Gasteiger charge is 2.61.